The largest absolute Gasteiger partial charge is 0.491 e. The zero-order valence-electron chi connectivity index (χ0n) is 13.7. The lowest BCUT2D eigenvalue weighted by atomic mass is 10.1. The second kappa shape index (κ2) is 8.52. The Labute approximate surface area is 159 Å². The van der Waals surface area contributed by atoms with E-state index in [-0.39, 0.29) is 11.5 Å². The van der Waals surface area contributed by atoms with Crippen molar-refractivity contribution in [3.63, 3.8) is 0 Å². The summed E-state index contributed by atoms with van der Waals surface area (Å²) in [6, 6.07) is 4.35. The number of alkyl halides is 3. The molecule has 0 saturated heterocycles. The van der Waals surface area contributed by atoms with Crippen LogP contribution >= 0.6 is 11.8 Å². The molecule has 148 valence electrons. The number of aromatic nitrogens is 1. The third-order valence-electron chi connectivity index (χ3n) is 3.21. The summed E-state index contributed by atoms with van der Waals surface area (Å²) in [5, 5.41) is 5.88. The van der Waals surface area contributed by atoms with Gasteiger partial charge >= 0.3 is 18.1 Å². The van der Waals surface area contributed by atoms with Crippen molar-refractivity contribution in [2.45, 2.75) is 6.18 Å². The Kier molecular flexibility index (Phi) is 6.36. The zero-order chi connectivity index (χ0) is 20.9. The Morgan fingerprint density at radius 3 is 2.61 bits per heavy atom. The number of carbonyl (C=O) groups is 3. The van der Waals surface area contributed by atoms with Crippen LogP contribution in [0.4, 0.5) is 18.9 Å². The van der Waals surface area contributed by atoms with Crippen LogP contribution in [0.3, 0.4) is 0 Å². The number of carbonyl (C=O) groups excluding carboxylic acids is 3. The number of amides is 1. The first-order valence-corrected chi connectivity index (χ1v) is 7.65. The lowest BCUT2D eigenvalue weighted by molar-refractivity contribution is -0.201. The van der Waals surface area contributed by atoms with Crippen molar-refractivity contribution in [1.29, 1.82) is 0 Å². The SMILES string of the molecule is NC(=NCl)Nc1cncc2cc(C(=O)NCC(=O)OC(=O)C(F)(F)F)ccc12. The van der Waals surface area contributed by atoms with E-state index < -0.39 is 30.6 Å². The number of anilines is 1. The molecule has 2 aromatic rings. The maximum absolute atomic E-state index is 12.1. The first-order valence-electron chi connectivity index (χ1n) is 7.31. The molecule has 0 aliphatic heterocycles. The van der Waals surface area contributed by atoms with E-state index in [0.717, 1.165) is 0 Å². The minimum absolute atomic E-state index is 0.0790. The van der Waals surface area contributed by atoms with Gasteiger partial charge in [-0.05, 0) is 12.1 Å². The molecule has 0 radical (unpaired) electrons. The number of hydrogen-bond donors (Lipinski definition) is 3. The van der Waals surface area contributed by atoms with Gasteiger partial charge in [0.05, 0.1) is 11.9 Å². The highest BCUT2D eigenvalue weighted by molar-refractivity contribution is 6.21. The van der Waals surface area contributed by atoms with Crippen LogP contribution in [-0.4, -0.2) is 41.5 Å². The molecule has 4 N–H and O–H groups in total. The van der Waals surface area contributed by atoms with Gasteiger partial charge in [-0.1, -0.05) is 6.07 Å². The Hall–Kier alpha value is -3.41. The molecule has 0 unspecified atom stereocenters. The molecule has 0 aliphatic rings. The van der Waals surface area contributed by atoms with E-state index in [9.17, 15) is 27.6 Å². The van der Waals surface area contributed by atoms with E-state index in [1.54, 1.807) is 6.07 Å². The number of nitrogens with one attached hydrogen (secondary N) is 2. The van der Waals surface area contributed by atoms with Gasteiger partial charge in [0.15, 0.2) is 0 Å². The molecule has 9 nitrogen and oxygen atoms in total. The molecule has 1 aromatic carbocycles. The quantitative estimate of drug-likeness (QED) is 0.296. The Balaban J connectivity index is 2.08. The Morgan fingerprint density at radius 2 is 1.96 bits per heavy atom. The smallest absolute Gasteiger partial charge is 0.385 e. The fraction of sp³-hybridized carbons (Fsp3) is 0.133. The van der Waals surface area contributed by atoms with Crippen LogP contribution in [-0.2, 0) is 14.3 Å². The van der Waals surface area contributed by atoms with Gasteiger partial charge in [0, 0.05) is 34.3 Å². The van der Waals surface area contributed by atoms with Crippen molar-refractivity contribution >= 4 is 52.0 Å². The summed E-state index contributed by atoms with van der Waals surface area (Å²) in [5.74, 6) is -5.08. The van der Waals surface area contributed by atoms with E-state index in [1.807, 2.05) is 0 Å². The number of guanidine groups is 1. The van der Waals surface area contributed by atoms with Crippen molar-refractivity contribution in [2.75, 3.05) is 11.9 Å². The van der Waals surface area contributed by atoms with Crippen LogP contribution in [0, 0.1) is 0 Å². The fourth-order valence-corrected chi connectivity index (χ4v) is 2.07. The average Bonchev–Trinajstić information content (AvgIpc) is 2.65. The van der Waals surface area contributed by atoms with Crippen molar-refractivity contribution in [3.05, 3.63) is 36.2 Å². The summed E-state index contributed by atoms with van der Waals surface area (Å²) in [6.45, 7) is -0.929. The number of rotatable bonds is 4. The van der Waals surface area contributed by atoms with Gasteiger partial charge in [-0.25, -0.2) is 9.59 Å². The summed E-state index contributed by atoms with van der Waals surface area (Å²) in [5.41, 5.74) is 6.02. The molecule has 1 amide bonds. The van der Waals surface area contributed by atoms with Crippen LogP contribution in [0.15, 0.2) is 35.1 Å². The van der Waals surface area contributed by atoms with Gasteiger partial charge < -0.3 is 21.1 Å². The van der Waals surface area contributed by atoms with E-state index in [1.165, 1.54) is 24.5 Å². The third kappa shape index (κ3) is 5.30. The van der Waals surface area contributed by atoms with Gasteiger partial charge in [0.1, 0.15) is 6.54 Å². The molecule has 1 aromatic heterocycles. The van der Waals surface area contributed by atoms with Gasteiger partial charge in [-0.15, -0.1) is 4.51 Å². The van der Waals surface area contributed by atoms with Gasteiger partial charge in [0.2, 0.25) is 5.96 Å². The Bertz CT molecular complexity index is 964. The highest BCUT2D eigenvalue weighted by Gasteiger charge is 2.42. The first kappa shape index (κ1) is 20.9. The summed E-state index contributed by atoms with van der Waals surface area (Å²) >= 11 is 5.24. The molecule has 0 bridgehead atoms. The molecule has 2 rings (SSSR count). The summed E-state index contributed by atoms with van der Waals surface area (Å²) < 4.78 is 42.8. The minimum atomic E-state index is -5.31. The molecule has 0 spiro atoms. The molecule has 28 heavy (non-hydrogen) atoms. The molecule has 1 heterocycles. The first-order chi connectivity index (χ1) is 13.1. The molecule has 0 saturated carbocycles. The van der Waals surface area contributed by atoms with E-state index in [0.29, 0.717) is 16.5 Å². The lowest BCUT2D eigenvalue weighted by Gasteiger charge is -2.10. The third-order valence-corrected chi connectivity index (χ3v) is 3.39. The topological polar surface area (TPSA) is 136 Å². The minimum Gasteiger partial charge on any atom is -0.385 e. The fourth-order valence-electron chi connectivity index (χ4n) is 2.03. The van der Waals surface area contributed by atoms with Gasteiger partial charge in [-0.2, -0.15) is 13.2 Å². The molecule has 0 aliphatic carbocycles. The lowest BCUT2D eigenvalue weighted by Crippen LogP contribution is -2.35. The van der Waals surface area contributed by atoms with Crippen molar-refractivity contribution in [1.82, 2.24) is 10.3 Å². The highest BCUT2D eigenvalue weighted by Crippen LogP contribution is 2.23. The normalized spacial score (nSPS) is 11.8. The van der Waals surface area contributed by atoms with Crippen LogP contribution in [0.25, 0.3) is 10.8 Å². The molecule has 13 heteroatoms. The molecule has 0 fully saturated rings. The summed E-state index contributed by atoms with van der Waals surface area (Å²) in [6.07, 6.45) is -2.42. The molecular weight excluding hydrogens is 407 g/mol. The highest BCUT2D eigenvalue weighted by atomic mass is 35.5. The zero-order valence-corrected chi connectivity index (χ0v) is 14.5. The average molecular weight is 418 g/mol. The van der Waals surface area contributed by atoms with E-state index >= 15 is 0 Å². The predicted molar refractivity (Wildman–Crippen MR) is 92.3 cm³/mol. The van der Waals surface area contributed by atoms with Crippen LogP contribution in [0.1, 0.15) is 10.4 Å². The maximum atomic E-state index is 12.1. The van der Waals surface area contributed by atoms with Gasteiger partial charge in [0.25, 0.3) is 5.91 Å². The van der Waals surface area contributed by atoms with Crippen molar-refractivity contribution in [2.24, 2.45) is 10.2 Å². The van der Waals surface area contributed by atoms with Crippen LogP contribution in [0.2, 0.25) is 0 Å². The number of fused-ring (bicyclic) bond motifs is 1. The summed E-state index contributed by atoms with van der Waals surface area (Å²) in [7, 11) is 0. The molecule has 0 atom stereocenters. The monoisotopic (exact) mass is 417 g/mol. The second-order valence-corrected chi connectivity index (χ2v) is 5.33. The van der Waals surface area contributed by atoms with Crippen LogP contribution < -0.4 is 16.4 Å². The number of benzene rings is 1. The number of halogens is 4. The number of esters is 2. The van der Waals surface area contributed by atoms with E-state index in [2.05, 4.69) is 24.9 Å². The van der Waals surface area contributed by atoms with Crippen molar-refractivity contribution < 1.29 is 32.3 Å². The maximum Gasteiger partial charge on any atom is 0.491 e. The number of ether oxygens (including phenoxy) is 1. The standard InChI is InChI=1S/C15H11ClF3N5O4/c16-24-14(20)23-10-5-21-4-8-3-7(1-2-9(8)10)12(26)22-6-11(25)28-13(27)15(17,18)19/h1-5H,6H2,(H,22,26)(H3,20,23,24). The molecular formula is C15H11ClF3N5O4. The van der Waals surface area contributed by atoms with Crippen molar-refractivity contribution in [3.8, 4) is 0 Å². The van der Waals surface area contributed by atoms with Crippen LogP contribution in [0.5, 0.6) is 0 Å². The second-order valence-electron chi connectivity index (χ2n) is 5.16. The number of pyridine rings is 1. The summed E-state index contributed by atoms with van der Waals surface area (Å²) in [4.78, 5) is 37.8. The number of nitrogens with zero attached hydrogens (tertiary/aromatic N) is 2. The van der Waals surface area contributed by atoms with E-state index in [4.69, 9.17) is 17.5 Å². The number of hydrogen-bond acceptors (Lipinski definition) is 6. The number of nitrogens with two attached hydrogens (primary N) is 1. The predicted octanol–water partition coefficient (Wildman–Crippen LogP) is 1.48. The Morgan fingerprint density at radius 1 is 1.25 bits per heavy atom. The van der Waals surface area contributed by atoms with Gasteiger partial charge in [-0.3, -0.25) is 9.78 Å².